The van der Waals surface area contributed by atoms with Crippen LogP contribution >= 0.6 is 12.4 Å². The molecule has 1 aromatic rings. The van der Waals surface area contributed by atoms with Crippen LogP contribution in [0.4, 0.5) is 0 Å². The lowest BCUT2D eigenvalue weighted by atomic mass is 9.95. The first-order valence-electron chi connectivity index (χ1n) is 7.82. The smallest absolute Gasteiger partial charge is 0.223 e. The van der Waals surface area contributed by atoms with Gasteiger partial charge in [0, 0.05) is 12.0 Å². The molecule has 1 aliphatic rings. The number of nitrogens with two attached hydrogens (primary N) is 1. The van der Waals surface area contributed by atoms with Crippen molar-refractivity contribution in [3.05, 3.63) is 35.9 Å². The number of nitrogens with one attached hydrogen (secondary N) is 1. The summed E-state index contributed by atoms with van der Waals surface area (Å²) in [6.07, 6.45) is 3.15. The van der Waals surface area contributed by atoms with Gasteiger partial charge in [-0.15, -0.1) is 12.4 Å². The van der Waals surface area contributed by atoms with Crippen LogP contribution in [0, 0.1) is 11.8 Å². The summed E-state index contributed by atoms with van der Waals surface area (Å²) in [6.45, 7) is 3.70. The van der Waals surface area contributed by atoms with Crippen molar-refractivity contribution in [1.29, 1.82) is 0 Å². The topological polar surface area (TPSA) is 64.3 Å². The van der Waals surface area contributed by atoms with Gasteiger partial charge in [0.15, 0.2) is 0 Å². The van der Waals surface area contributed by atoms with E-state index in [1.54, 1.807) is 0 Å². The molecule has 1 unspecified atom stereocenters. The maximum Gasteiger partial charge on any atom is 0.223 e. The number of ether oxygens (including phenoxy) is 1. The fourth-order valence-electron chi connectivity index (χ4n) is 2.98. The van der Waals surface area contributed by atoms with Crippen molar-refractivity contribution in [3.63, 3.8) is 0 Å². The zero-order chi connectivity index (χ0) is 15.1. The van der Waals surface area contributed by atoms with Crippen LogP contribution < -0.4 is 11.1 Å². The Morgan fingerprint density at radius 2 is 2.09 bits per heavy atom. The number of halogens is 1. The fraction of sp³-hybridized carbons (Fsp3) is 0.588. The summed E-state index contributed by atoms with van der Waals surface area (Å²) in [4.78, 5) is 12.2. The Morgan fingerprint density at radius 1 is 1.36 bits per heavy atom. The molecule has 0 aliphatic heterocycles. The van der Waals surface area contributed by atoms with Gasteiger partial charge in [-0.1, -0.05) is 36.8 Å². The van der Waals surface area contributed by atoms with Gasteiger partial charge in [-0.2, -0.15) is 0 Å². The van der Waals surface area contributed by atoms with E-state index in [2.05, 4.69) is 5.32 Å². The molecule has 1 amide bonds. The Bertz CT molecular complexity index is 442. The molecule has 0 radical (unpaired) electrons. The molecule has 2 rings (SSSR count). The van der Waals surface area contributed by atoms with E-state index in [1.165, 1.54) is 0 Å². The summed E-state index contributed by atoms with van der Waals surface area (Å²) in [5.74, 6) is 0.577. The molecule has 0 spiro atoms. The first-order chi connectivity index (χ1) is 10.2. The van der Waals surface area contributed by atoms with E-state index >= 15 is 0 Å². The molecule has 5 heteroatoms. The third-order valence-corrected chi connectivity index (χ3v) is 4.17. The second-order valence-electron chi connectivity index (χ2n) is 5.94. The van der Waals surface area contributed by atoms with Gasteiger partial charge in [0.2, 0.25) is 5.91 Å². The number of amides is 1. The Kier molecular flexibility index (Phi) is 8.46. The van der Waals surface area contributed by atoms with Crippen LogP contribution in [0.1, 0.15) is 31.7 Å². The van der Waals surface area contributed by atoms with Gasteiger partial charge in [-0.05, 0) is 37.8 Å². The lowest BCUT2D eigenvalue weighted by Gasteiger charge is -2.21. The fourth-order valence-corrected chi connectivity index (χ4v) is 2.98. The van der Waals surface area contributed by atoms with Gasteiger partial charge >= 0.3 is 0 Å². The molecule has 0 saturated heterocycles. The molecule has 3 atom stereocenters. The predicted molar refractivity (Wildman–Crippen MR) is 90.8 cm³/mol. The average molecular weight is 327 g/mol. The highest BCUT2D eigenvalue weighted by molar-refractivity contribution is 5.85. The van der Waals surface area contributed by atoms with E-state index in [4.69, 9.17) is 10.5 Å². The van der Waals surface area contributed by atoms with Crippen molar-refractivity contribution in [2.45, 2.75) is 38.8 Å². The van der Waals surface area contributed by atoms with Crippen LogP contribution in [0.3, 0.4) is 0 Å². The summed E-state index contributed by atoms with van der Waals surface area (Å²) in [6, 6.07) is 10.1. The minimum absolute atomic E-state index is 0. The molecule has 22 heavy (non-hydrogen) atoms. The monoisotopic (exact) mass is 326 g/mol. The number of benzene rings is 1. The molecule has 0 aromatic heterocycles. The predicted octanol–water partition coefficient (Wildman–Crippen LogP) is 2.50. The van der Waals surface area contributed by atoms with Gasteiger partial charge in [-0.25, -0.2) is 0 Å². The van der Waals surface area contributed by atoms with Crippen LogP contribution in [0.15, 0.2) is 30.3 Å². The average Bonchev–Trinajstić information content (AvgIpc) is 2.97. The van der Waals surface area contributed by atoms with Crippen molar-refractivity contribution < 1.29 is 9.53 Å². The number of hydrogen-bond acceptors (Lipinski definition) is 3. The highest BCUT2D eigenvalue weighted by atomic mass is 35.5. The summed E-state index contributed by atoms with van der Waals surface area (Å²) in [5.41, 5.74) is 6.88. The van der Waals surface area contributed by atoms with Crippen molar-refractivity contribution in [3.8, 4) is 0 Å². The zero-order valence-corrected chi connectivity index (χ0v) is 14.0. The lowest BCUT2D eigenvalue weighted by Crippen LogP contribution is -2.41. The first kappa shape index (κ1) is 18.9. The Morgan fingerprint density at radius 3 is 2.77 bits per heavy atom. The van der Waals surface area contributed by atoms with E-state index in [-0.39, 0.29) is 30.3 Å². The van der Waals surface area contributed by atoms with E-state index in [1.807, 2.05) is 37.3 Å². The summed E-state index contributed by atoms with van der Waals surface area (Å²) in [5, 5.41) is 3.05. The molecule has 1 aromatic carbocycles. The van der Waals surface area contributed by atoms with Crippen molar-refractivity contribution in [2.24, 2.45) is 17.6 Å². The van der Waals surface area contributed by atoms with Crippen molar-refractivity contribution in [1.82, 2.24) is 5.32 Å². The highest BCUT2D eigenvalue weighted by Gasteiger charge is 2.32. The van der Waals surface area contributed by atoms with E-state index < -0.39 is 0 Å². The first-order valence-corrected chi connectivity index (χ1v) is 7.82. The zero-order valence-electron chi connectivity index (χ0n) is 13.2. The third-order valence-electron chi connectivity index (χ3n) is 4.17. The number of rotatable bonds is 7. The normalized spacial score (nSPS) is 21.9. The van der Waals surface area contributed by atoms with Crippen LogP contribution in [0.25, 0.3) is 0 Å². The van der Waals surface area contributed by atoms with E-state index in [0.29, 0.717) is 25.7 Å². The molecule has 0 bridgehead atoms. The molecule has 1 fully saturated rings. The molecule has 0 heterocycles. The van der Waals surface area contributed by atoms with Gasteiger partial charge < -0.3 is 15.8 Å². The molecular formula is C17H27ClN2O2. The largest absolute Gasteiger partial charge is 0.375 e. The summed E-state index contributed by atoms with van der Waals surface area (Å²) in [7, 11) is 0. The number of hydrogen-bond donors (Lipinski definition) is 2. The maximum absolute atomic E-state index is 12.2. The maximum atomic E-state index is 12.2. The Labute approximate surface area is 139 Å². The quantitative estimate of drug-likeness (QED) is 0.809. The Balaban J connectivity index is 0.00000242. The number of carbonyl (C=O) groups excluding carboxylic acids is 1. The van der Waals surface area contributed by atoms with E-state index in [9.17, 15) is 4.79 Å². The number of carbonyl (C=O) groups is 1. The van der Waals surface area contributed by atoms with Gasteiger partial charge in [0.25, 0.3) is 0 Å². The van der Waals surface area contributed by atoms with E-state index in [0.717, 1.165) is 24.8 Å². The minimum atomic E-state index is 0. The molecule has 3 N–H and O–H groups in total. The lowest BCUT2D eigenvalue weighted by molar-refractivity contribution is -0.127. The molecule has 4 nitrogen and oxygen atoms in total. The van der Waals surface area contributed by atoms with Crippen molar-refractivity contribution in [2.75, 3.05) is 13.2 Å². The molecule has 1 saturated carbocycles. The standard InChI is InChI=1S/C17H26N2O2.ClH/c1-13(11-21-12-14-6-3-2-4-7-14)19-17(20)16-9-5-8-15(16)10-18;/h2-4,6-7,13,15-16H,5,8-12,18H2,1H3,(H,19,20);1H/t13?,15-,16-;/m1./s1. The summed E-state index contributed by atoms with van der Waals surface area (Å²) >= 11 is 0. The van der Waals surface area contributed by atoms with Gasteiger partial charge in [0.1, 0.15) is 0 Å². The van der Waals surface area contributed by atoms with Gasteiger partial charge in [0.05, 0.1) is 13.2 Å². The third kappa shape index (κ3) is 5.59. The Hall–Kier alpha value is -1.10. The highest BCUT2D eigenvalue weighted by Crippen LogP contribution is 2.30. The molecule has 1 aliphatic carbocycles. The second-order valence-corrected chi connectivity index (χ2v) is 5.94. The van der Waals surface area contributed by atoms with Crippen LogP contribution in [0.2, 0.25) is 0 Å². The minimum Gasteiger partial charge on any atom is -0.375 e. The SMILES string of the molecule is CC(COCc1ccccc1)NC(=O)[C@@H]1CCC[C@@H]1CN.Cl. The van der Waals surface area contributed by atoms with Crippen molar-refractivity contribution >= 4 is 18.3 Å². The molecule has 124 valence electrons. The van der Waals surface area contributed by atoms with Crippen LogP contribution in [0.5, 0.6) is 0 Å². The van der Waals surface area contributed by atoms with Crippen LogP contribution in [-0.4, -0.2) is 25.1 Å². The molecular weight excluding hydrogens is 300 g/mol. The second kappa shape index (κ2) is 9.82. The van der Waals surface area contributed by atoms with Gasteiger partial charge in [-0.3, -0.25) is 4.79 Å². The van der Waals surface area contributed by atoms with Crippen LogP contribution in [-0.2, 0) is 16.1 Å². The summed E-state index contributed by atoms with van der Waals surface area (Å²) < 4.78 is 5.66.